The Labute approximate surface area is 101 Å². The molecule has 2 rings (SSSR count). The smallest absolute Gasteiger partial charge is 0.169 e. The third kappa shape index (κ3) is 2.31. The van der Waals surface area contributed by atoms with Crippen molar-refractivity contribution in [3.05, 3.63) is 57.0 Å². The number of hydrogen-bond donors (Lipinski definition) is 0. The van der Waals surface area contributed by atoms with Crippen LogP contribution in [0.3, 0.4) is 0 Å². The van der Waals surface area contributed by atoms with Gasteiger partial charge in [-0.15, -0.1) is 11.3 Å². The predicted molar refractivity (Wildman–Crippen MR) is 63.8 cm³/mol. The summed E-state index contributed by atoms with van der Waals surface area (Å²) >= 11 is 7.23. The van der Waals surface area contributed by atoms with Crippen molar-refractivity contribution in [2.45, 2.75) is 6.42 Å². The highest BCUT2D eigenvalue weighted by atomic mass is 35.5. The molecule has 1 aromatic heterocycles. The third-order valence-corrected chi connectivity index (χ3v) is 3.43. The highest BCUT2D eigenvalue weighted by Gasteiger charge is 2.14. The number of benzene rings is 1. The number of ketones is 1. The lowest BCUT2D eigenvalue weighted by atomic mass is 10.1. The molecule has 0 atom stereocenters. The van der Waals surface area contributed by atoms with Gasteiger partial charge in [0.2, 0.25) is 0 Å². The van der Waals surface area contributed by atoms with Gasteiger partial charge in [-0.25, -0.2) is 4.39 Å². The summed E-state index contributed by atoms with van der Waals surface area (Å²) in [6.45, 7) is 0. The summed E-state index contributed by atoms with van der Waals surface area (Å²) < 4.78 is 13.1. The average molecular weight is 255 g/mol. The van der Waals surface area contributed by atoms with E-state index in [9.17, 15) is 9.18 Å². The van der Waals surface area contributed by atoms with Gasteiger partial charge < -0.3 is 0 Å². The summed E-state index contributed by atoms with van der Waals surface area (Å²) in [7, 11) is 0. The van der Waals surface area contributed by atoms with Gasteiger partial charge in [-0.1, -0.05) is 23.7 Å². The summed E-state index contributed by atoms with van der Waals surface area (Å²) in [5, 5.41) is 1.81. The van der Waals surface area contributed by atoms with E-state index >= 15 is 0 Å². The van der Waals surface area contributed by atoms with Crippen LogP contribution < -0.4 is 0 Å². The van der Waals surface area contributed by atoms with Crippen LogP contribution in [0.2, 0.25) is 5.02 Å². The largest absolute Gasteiger partial charge is 0.294 e. The van der Waals surface area contributed by atoms with Crippen molar-refractivity contribution in [2.75, 3.05) is 0 Å². The Balaban J connectivity index is 2.24. The summed E-state index contributed by atoms with van der Waals surface area (Å²) in [6.07, 6.45) is 0.265. The van der Waals surface area contributed by atoms with Gasteiger partial charge in [0.25, 0.3) is 0 Å². The van der Waals surface area contributed by atoms with Crippen LogP contribution in [-0.4, -0.2) is 5.78 Å². The standard InChI is InChI=1S/C12H8ClFOS/c13-12-9(4-1-5-10(12)14)11(15)7-8-3-2-6-16-8/h1-6H,7H2. The first-order chi connectivity index (χ1) is 7.68. The predicted octanol–water partition coefficient (Wildman–Crippen LogP) is 3.97. The Hall–Kier alpha value is -1.19. The van der Waals surface area contributed by atoms with E-state index in [-0.39, 0.29) is 22.8 Å². The third-order valence-electron chi connectivity index (χ3n) is 2.17. The van der Waals surface area contributed by atoms with E-state index in [0.717, 1.165) is 4.88 Å². The maximum Gasteiger partial charge on any atom is 0.169 e. The van der Waals surface area contributed by atoms with Gasteiger partial charge in [-0.05, 0) is 23.6 Å². The van der Waals surface area contributed by atoms with E-state index < -0.39 is 5.82 Å². The quantitative estimate of drug-likeness (QED) is 0.758. The Bertz CT molecular complexity index is 508. The lowest BCUT2D eigenvalue weighted by molar-refractivity contribution is 0.0993. The number of halogens is 2. The summed E-state index contributed by atoms with van der Waals surface area (Å²) in [4.78, 5) is 12.8. The molecule has 0 amide bonds. The van der Waals surface area contributed by atoms with Crippen molar-refractivity contribution in [3.63, 3.8) is 0 Å². The maximum absolute atomic E-state index is 13.1. The number of thiophene rings is 1. The molecule has 1 nitrogen and oxygen atoms in total. The fourth-order valence-corrected chi connectivity index (χ4v) is 2.32. The molecule has 0 saturated heterocycles. The molecule has 0 aliphatic rings. The van der Waals surface area contributed by atoms with Gasteiger partial charge in [0.05, 0.1) is 5.02 Å². The second-order valence-corrected chi connectivity index (χ2v) is 4.69. The fraction of sp³-hybridized carbons (Fsp3) is 0.0833. The van der Waals surface area contributed by atoms with Crippen molar-refractivity contribution >= 4 is 28.7 Å². The van der Waals surface area contributed by atoms with Gasteiger partial charge in [0, 0.05) is 16.9 Å². The van der Waals surface area contributed by atoms with Crippen molar-refractivity contribution in [1.29, 1.82) is 0 Å². The van der Waals surface area contributed by atoms with Crippen LogP contribution in [-0.2, 0) is 6.42 Å². The Kier molecular flexibility index (Phi) is 3.36. The lowest BCUT2D eigenvalue weighted by Gasteiger charge is -2.02. The molecule has 2 aromatic rings. The van der Waals surface area contributed by atoms with E-state index in [1.165, 1.54) is 23.5 Å². The van der Waals surface area contributed by atoms with E-state index in [4.69, 9.17) is 11.6 Å². The highest BCUT2D eigenvalue weighted by Crippen LogP contribution is 2.22. The van der Waals surface area contributed by atoms with Crippen molar-refractivity contribution in [3.8, 4) is 0 Å². The van der Waals surface area contributed by atoms with Crippen LogP contribution >= 0.6 is 22.9 Å². The normalized spacial score (nSPS) is 10.4. The SMILES string of the molecule is O=C(Cc1cccs1)c1cccc(F)c1Cl. The van der Waals surface area contributed by atoms with Crippen LogP contribution in [0.15, 0.2) is 35.7 Å². The number of carbonyl (C=O) groups excluding carboxylic acids is 1. The van der Waals surface area contributed by atoms with E-state index in [0.29, 0.717) is 0 Å². The van der Waals surface area contributed by atoms with Gasteiger partial charge in [-0.3, -0.25) is 4.79 Å². The summed E-state index contributed by atoms with van der Waals surface area (Å²) in [5.74, 6) is -0.717. The summed E-state index contributed by atoms with van der Waals surface area (Å²) in [5.41, 5.74) is 0.245. The molecular weight excluding hydrogens is 247 g/mol. The van der Waals surface area contributed by atoms with Crippen LogP contribution in [0, 0.1) is 5.82 Å². The number of Topliss-reactive ketones (excluding diaryl/α,β-unsaturated/α-hetero) is 1. The second kappa shape index (κ2) is 4.76. The molecule has 0 unspecified atom stereocenters. The van der Waals surface area contributed by atoms with Crippen molar-refractivity contribution in [2.24, 2.45) is 0 Å². The Morgan fingerprint density at radius 2 is 2.12 bits per heavy atom. The molecule has 1 aromatic carbocycles. The minimum atomic E-state index is -0.557. The molecule has 0 bridgehead atoms. The minimum absolute atomic E-state index is 0.0935. The monoisotopic (exact) mass is 254 g/mol. The molecule has 0 aliphatic heterocycles. The van der Waals surface area contributed by atoms with Crippen LogP contribution in [0.5, 0.6) is 0 Å². The zero-order valence-electron chi connectivity index (χ0n) is 8.24. The van der Waals surface area contributed by atoms with E-state index in [2.05, 4.69) is 0 Å². The molecule has 0 aliphatic carbocycles. The van der Waals surface area contributed by atoms with E-state index in [1.54, 1.807) is 6.07 Å². The minimum Gasteiger partial charge on any atom is -0.294 e. The number of rotatable bonds is 3. The zero-order valence-corrected chi connectivity index (χ0v) is 9.82. The molecular formula is C12H8ClFOS. The molecule has 1 heterocycles. The first-order valence-electron chi connectivity index (χ1n) is 4.68. The second-order valence-electron chi connectivity index (χ2n) is 3.28. The Morgan fingerprint density at radius 1 is 1.31 bits per heavy atom. The zero-order chi connectivity index (χ0) is 11.5. The summed E-state index contributed by atoms with van der Waals surface area (Å²) in [6, 6.07) is 8.02. The topological polar surface area (TPSA) is 17.1 Å². The molecule has 82 valence electrons. The fourth-order valence-electron chi connectivity index (χ4n) is 1.39. The molecule has 0 saturated carbocycles. The van der Waals surface area contributed by atoms with Gasteiger partial charge in [0.15, 0.2) is 5.78 Å². The molecule has 0 N–H and O–H groups in total. The molecule has 0 spiro atoms. The lowest BCUT2D eigenvalue weighted by Crippen LogP contribution is -2.03. The molecule has 4 heteroatoms. The first kappa shape index (κ1) is 11.3. The molecule has 0 fully saturated rings. The van der Waals surface area contributed by atoms with Crippen molar-refractivity contribution in [1.82, 2.24) is 0 Å². The van der Waals surface area contributed by atoms with Gasteiger partial charge >= 0.3 is 0 Å². The first-order valence-corrected chi connectivity index (χ1v) is 5.94. The number of carbonyl (C=O) groups is 1. The van der Waals surface area contributed by atoms with Crippen LogP contribution in [0.1, 0.15) is 15.2 Å². The maximum atomic E-state index is 13.1. The highest BCUT2D eigenvalue weighted by molar-refractivity contribution is 7.10. The van der Waals surface area contributed by atoms with E-state index in [1.807, 2.05) is 17.5 Å². The van der Waals surface area contributed by atoms with Crippen LogP contribution in [0.4, 0.5) is 4.39 Å². The number of hydrogen-bond acceptors (Lipinski definition) is 2. The average Bonchev–Trinajstić information content (AvgIpc) is 2.74. The molecule has 16 heavy (non-hydrogen) atoms. The van der Waals surface area contributed by atoms with Crippen LogP contribution in [0.25, 0.3) is 0 Å². The Morgan fingerprint density at radius 3 is 2.81 bits per heavy atom. The van der Waals surface area contributed by atoms with Crippen molar-refractivity contribution < 1.29 is 9.18 Å². The van der Waals surface area contributed by atoms with Gasteiger partial charge in [0.1, 0.15) is 5.82 Å². The van der Waals surface area contributed by atoms with Gasteiger partial charge in [-0.2, -0.15) is 0 Å². The molecule has 0 radical (unpaired) electrons.